The van der Waals surface area contributed by atoms with Crippen molar-refractivity contribution in [3.8, 4) is 0 Å². The van der Waals surface area contributed by atoms with Crippen LogP contribution in [0.15, 0.2) is 22.5 Å². The molecule has 0 aliphatic heterocycles. The highest BCUT2D eigenvalue weighted by molar-refractivity contribution is 7.22. The van der Waals surface area contributed by atoms with Gasteiger partial charge in [-0.15, -0.1) is 9.24 Å². The molecule has 0 radical (unpaired) electrons. The molecule has 2 nitrogen and oxygen atoms in total. The highest BCUT2D eigenvalue weighted by Crippen LogP contribution is 2.29. The van der Waals surface area contributed by atoms with Gasteiger partial charge in [0.25, 0.3) is 0 Å². The van der Waals surface area contributed by atoms with E-state index in [2.05, 4.69) is 14.0 Å². The highest BCUT2D eigenvalue weighted by Gasteiger charge is 2.16. The van der Waals surface area contributed by atoms with Crippen LogP contribution in [0.4, 0.5) is 0 Å². The van der Waals surface area contributed by atoms with E-state index in [1.807, 2.05) is 13.0 Å². The van der Waals surface area contributed by atoms with Crippen molar-refractivity contribution in [2.75, 3.05) is 7.11 Å². The maximum atomic E-state index is 11.2. The number of carbonyl (C=O) groups is 1. The third-order valence-corrected chi connectivity index (χ3v) is 2.77. The number of allylic oxidation sites excluding steroid dienone is 2. The van der Waals surface area contributed by atoms with E-state index in [-0.39, 0.29) is 5.97 Å². The Balaban J connectivity index is 2.91. The molecule has 0 bridgehead atoms. The van der Waals surface area contributed by atoms with E-state index >= 15 is 0 Å². The molecule has 0 N–H and O–H groups in total. The Hall–Kier alpha value is -0.620. The Bertz CT molecular complexity index is 264. The Morgan fingerprint density at radius 3 is 2.92 bits per heavy atom. The second kappa shape index (κ2) is 3.86. The molecule has 1 unspecified atom stereocenters. The van der Waals surface area contributed by atoms with Gasteiger partial charge in [0.15, 0.2) is 0 Å². The Labute approximate surface area is 74.9 Å². The maximum absolute atomic E-state index is 11.2. The lowest BCUT2D eigenvalue weighted by molar-refractivity contribution is -0.135. The second-order valence-electron chi connectivity index (χ2n) is 2.80. The molecule has 0 saturated carbocycles. The van der Waals surface area contributed by atoms with Crippen LogP contribution in [0.2, 0.25) is 0 Å². The zero-order chi connectivity index (χ0) is 9.14. The molecule has 0 saturated heterocycles. The second-order valence-corrected chi connectivity index (χ2v) is 3.50. The van der Waals surface area contributed by atoms with Crippen LogP contribution in [0.5, 0.6) is 0 Å². The van der Waals surface area contributed by atoms with E-state index in [0.29, 0.717) is 5.57 Å². The molecule has 66 valence electrons. The van der Waals surface area contributed by atoms with Crippen molar-refractivity contribution in [1.82, 2.24) is 0 Å². The lowest BCUT2D eigenvalue weighted by Crippen LogP contribution is -2.08. The average molecular weight is 184 g/mol. The van der Waals surface area contributed by atoms with Crippen LogP contribution in [0.1, 0.15) is 19.8 Å². The predicted molar refractivity (Wildman–Crippen MR) is 51.7 cm³/mol. The van der Waals surface area contributed by atoms with E-state index in [0.717, 1.165) is 18.4 Å². The molecule has 0 aromatic carbocycles. The zero-order valence-corrected chi connectivity index (χ0v) is 8.54. The summed E-state index contributed by atoms with van der Waals surface area (Å²) in [6.07, 6.45) is 3.90. The Morgan fingerprint density at radius 1 is 1.67 bits per heavy atom. The van der Waals surface area contributed by atoms with Gasteiger partial charge in [0, 0.05) is 0 Å². The van der Waals surface area contributed by atoms with Crippen molar-refractivity contribution in [2.45, 2.75) is 19.8 Å². The Morgan fingerprint density at radius 2 is 2.33 bits per heavy atom. The number of hydrogen-bond donors (Lipinski definition) is 0. The molecule has 0 aromatic rings. The van der Waals surface area contributed by atoms with Crippen molar-refractivity contribution in [3.63, 3.8) is 0 Å². The van der Waals surface area contributed by atoms with Gasteiger partial charge in [-0.2, -0.15) is 0 Å². The molecular weight excluding hydrogens is 171 g/mol. The smallest absolute Gasteiger partial charge is 0.337 e. The largest absolute Gasteiger partial charge is 0.465 e. The molecule has 1 rings (SSSR count). The minimum absolute atomic E-state index is 0.229. The van der Waals surface area contributed by atoms with Gasteiger partial charge >= 0.3 is 5.97 Å². The molecule has 1 aliphatic carbocycles. The van der Waals surface area contributed by atoms with E-state index in [9.17, 15) is 4.79 Å². The minimum atomic E-state index is -0.229. The molecule has 0 spiro atoms. The molecule has 0 amide bonds. The lowest BCUT2D eigenvalue weighted by Gasteiger charge is -2.14. The lowest BCUT2D eigenvalue weighted by atomic mass is 9.99. The summed E-state index contributed by atoms with van der Waals surface area (Å²) < 4.78 is 4.66. The first kappa shape index (κ1) is 9.47. The van der Waals surface area contributed by atoms with Crippen molar-refractivity contribution >= 4 is 15.2 Å². The van der Waals surface area contributed by atoms with Crippen LogP contribution in [0.25, 0.3) is 0 Å². The number of hydrogen-bond acceptors (Lipinski definition) is 2. The summed E-state index contributed by atoms with van der Waals surface area (Å²) in [6, 6.07) is 0. The molecule has 0 aromatic heterocycles. The van der Waals surface area contributed by atoms with Crippen molar-refractivity contribution in [3.05, 3.63) is 22.5 Å². The summed E-state index contributed by atoms with van der Waals surface area (Å²) >= 11 is 0. The molecule has 0 heterocycles. The first-order valence-corrected chi connectivity index (χ1v) is 4.48. The first-order valence-electron chi connectivity index (χ1n) is 3.91. The van der Waals surface area contributed by atoms with Gasteiger partial charge in [0.2, 0.25) is 0 Å². The first-order chi connectivity index (χ1) is 5.66. The third kappa shape index (κ3) is 1.75. The molecule has 1 atom stereocenters. The quantitative estimate of drug-likeness (QED) is 0.460. The average Bonchev–Trinajstić information content (AvgIpc) is 2.08. The highest BCUT2D eigenvalue weighted by atomic mass is 31.0. The van der Waals surface area contributed by atoms with Gasteiger partial charge in [-0.05, 0) is 30.7 Å². The summed E-state index contributed by atoms with van der Waals surface area (Å²) in [5.41, 5.74) is 1.76. The van der Waals surface area contributed by atoms with Crippen LogP contribution in [0, 0.1) is 0 Å². The molecular formula is C9H13O2P. The zero-order valence-electron chi connectivity index (χ0n) is 7.39. The molecule has 0 fully saturated rings. The third-order valence-electron chi connectivity index (χ3n) is 2.05. The van der Waals surface area contributed by atoms with Crippen LogP contribution in [-0.2, 0) is 9.53 Å². The van der Waals surface area contributed by atoms with E-state index in [1.165, 1.54) is 12.4 Å². The van der Waals surface area contributed by atoms with E-state index in [1.54, 1.807) is 0 Å². The SMILES string of the molecule is COC(=O)C1=CCCC(P)=C1C. The summed E-state index contributed by atoms with van der Waals surface area (Å²) in [5, 5.41) is 1.21. The number of ether oxygens (including phenoxy) is 1. The van der Waals surface area contributed by atoms with Crippen LogP contribution < -0.4 is 0 Å². The van der Waals surface area contributed by atoms with Gasteiger partial charge in [0.05, 0.1) is 12.7 Å². The topological polar surface area (TPSA) is 26.3 Å². The molecule has 1 aliphatic rings. The van der Waals surface area contributed by atoms with Crippen LogP contribution >= 0.6 is 9.24 Å². The predicted octanol–water partition coefficient (Wildman–Crippen LogP) is 2.03. The normalized spacial score (nSPS) is 17.4. The standard InChI is InChI=1S/C9H13O2P/c1-6-7(9(10)11-2)4-3-5-8(6)12/h4H,3,5,12H2,1-2H3. The van der Waals surface area contributed by atoms with Gasteiger partial charge in [-0.1, -0.05) is 6.08 Å². The van der Waals surface area contributed by atoms with Gasteiger partial charge in [0.1, 0.15) is 0 Å². The summed E-state index contributed by atoms with van der Waals surface area (Å²) in [4.78, 5) is 11.2. The number of carbonyl (C=O) groups excluding carboxylic acids is 1. The fourth-order valence-corrected chi connectivity index (χ4v) is 1.55. The van der Waals surface area contributed by atoms with Gasteiger partial charge in [-0.3, -0.25) is 0 Å². The van der Waals surface area contributed by atoms with Crippen LogP contribution in [0.3, 0.4) is 0 Å². The maximum Gasteiger partial charge on any atom is 0.337 e. The Kier molecular flexibility index (Phi) is 3.05. The number of esters is 1. The van der Waals surface area contributed by atoms with Crippen molar-refractivity contribution < 1.29 is 9.53 Å². The monoisotopic (exact) mass is 184 g/mol. The van der Waals surface area contributed by atoms with Crippen molar-refractivity contribution in [1.29, 1.82) is 0 Å². The fraction of sp³-hybridized carbons (Fsp3) is 0.444. The van der Waals surface area contributed by atoms with Gasteiger partial charge in [-0.25, -0.2) is 4.79 Å². The van der Waals surface area contributed by atoms with E-state index < -0.39 is 0 Å². The van der Waals surface area contributed by atoms with E-state index in [4.69, 9.17) is 0 Å². The molecule has 12 heavy (non-hydrogen) atoms. The number of methoxy groups -OCH3 is 1. The summed E-state index contributed by atoms with van der Waals surface area (Å²) in [7, 11) is 4.08. The summed E-state index contributed by atoms with van der Waals surface area (Å²) in [5.74, 6) is -0.229. The molecule has 3 heteroatoms. The van der Waals surface area contributed by atoms with Crippen LogP contribution in [-0.4, -0.2) is 13.1 Å². The van der Waals surface area contributed by atoms with Gasteiger partial charge < -0.3 is 4.74 Å². The summed E-state index contributed by atoms with van der Waals surface area (Å²) in [6.45, 7) is 1.95. The number of rotatable bonds is 1. The fourth-order valence-electron chi connectivity index (χ4n) is 1.23. The van der Waals surface area contributed by atoms with Crippen molar-refractivity contribution in [2.24, 2.45) is 0 Å². The minimum Gasteiger partial charge on any atom is -0.465 e.